The molecule has 6 heteroatoms. The van der Waals surface area contributed by atoms with Crippen molar-refractivity contribution in [2.75, 3.05) is 6.54 Å². The summed E-state index contributed by atoms with van der Waals surface area (Å²) < 4.78 is 4.84. The highest BCUT2D eigenvalue weighted by Gasteiger charge is 2.21. The molecule has 0 fully saturated rings. The van der Waals surface area contributed by atoms with E-state index in [9.17, 15) is 14.7 Å². The lowest BCUT2D eigenvalue weighted by atomic mass is 10.0. The van der Waals surface area contributed by atoms with Crippen LogP contribution in [0.5, 0.6) is 0 Å². The van der Waals surface area contributed by atoms with Crippen LogP contribution in [0.4, 0.5) is 0 Å². The molecule has 0 saturated heterocycles. The van der Waals surface area contributed by atoms with Gasteiger partial charge in [-0.25, -0.2) is 4.79 Å². The van der Waals surface area contributed by atoms with Gasteiger partial charge >= 0.3 is 5.97 Å². The van der Waals surface area contributed by atoms with Crippen LogP contribution in [0, 0.1) is 0 Å². The summed E-state index contributed by atoms with van der Waals surface area (Å²) in [6.07, 6.45) is 1.36. The van der Waals surface area contributed by atoms with Crippen LogP contribution in [0.2, 0.25) is 0 Å². The zero-order chi connectivity index (χ0) is 13.8. The van der Waals surface area contributed by atoms with Crippen molar-refractivity contribution in [1.82, 2.24) is 5.32 Å². The highest BCUT2D eigenvalue weighted by molar-refractivity contribution is 5.93. The Morgan fingerprint density at radius 3 is 2.50 bits per heavy atom. The van der Waals surface area contributed by atoms with Gasteiger partial charge in [-0.1, -0.05) is 13.3 Å². The van der Waals surface area contributed by atoms with Crippen molar-refractivity contribution in [2.24, 2.45) is 0 Å². The summed E-state index contributed by atoms with van der Waals surface area (Å²) in [5.74, 6) is -2.15. The first-order chi connectivity index (χ1) is 8.35. The Balaban J connectivity index is 2.57. The molecular formula is C12H17NO5. The van der Waals surface area contributed by atoms with Crippen LogP contribution in [0.1, 0.15) is 47.8 Å². The SMILES string of the molecule is CCCC(C)(O)CNC(=O)c1ccc(C(=O)O)o1. The van der Waals surface area contributed by atoms with E-state index in [1.54, 1.807) is 6.92 Å². The van der Waals surface area contributed by atoms with E-state index in [1.807, 2.05) is 6.92 Å². The molecule has 1 aromatic rings. The Kier molecular flexibility index (Phi) is 4.49. The molecule has 1 aromatic heterocycles. The van der Waals surface area contributed by atoms with Gasteiger partial charge in [-0.15, -0.1) is 0 Å². The van der Waals surface area contributed by atoms with Gasteiger partial charge in [0.1, 0.15) is 0 Å². The third-order valence-corrected chi connectivity index (χ3v) is 2.46. The molecule has 18 heavy (non-hydrogen) atoms. The van der Waals surface area contributed by atoms with E-state index < -0.39 is 17.5 Å². The van der Waals surface area contributed by atoms with Crippen LogP contribution in [0.25, 0.3) is 0 Å². The molecule has 100 valence electrons. The number of carbonyl (C=O) groups excluding carboxylic acids is 1. The number of furan rings is 1. The van der Waals surface area contributed by atoms with Gasteiger partial charge in [0.2, 0.25) is 5.76 Å². The fraction of sp³-hybridized carbons (Fsp3) is 0.500. The van der Waals surface area contributed by atoms with Crippen molar-refractivity contribution in [2.45, 2.75) is 32.3 Å². The number of aromatic carboxylic acids is 1. The fourth-order valence-electron chi connectivity index (χ4n) is 1.56. The smallest absolute Gasteiger partial charge is 0.371 e. The molecular weight excluding hydrogens is 238 g/mol. The Labute approximate surface area is 105 Å². The van der Waals surface area contributed by atoms with Gasteiger partial charge in [-0.05, 0) is 25.5 Å². The van der Waals surface area contributed by atoms with Gasteiger partial charge in [-0.2, -0.15) is 0 Å². The average Bonchev–Trinajstić information content (AvgIpc) is 2.75. The summed E-state index contributed by atoms with van der Waals surface area (Å²) in [6.45, 7) is 3.65. The zero-order valence-corrected chi connectivity index (χ0v) is 10.4. The van der Waals surface area contributed by atoms with Crippen molar-refractivity contribution in [3.8, 4) is 0 Å². The average molecular weight is 255 g/mol. The normalized spacial score (nSPS) is 13.9. The summed E-state index contributed by atoms with van der Waals surface area (Å²) in [4.78, 5) is 22.2. The first-order valence-electron chi connectivity index (χ1n) is 5.69. The molecule has 1 rings (SSSR count). The van der Waals surface area contributed by atoms with Crippen LogP contribution >= 0.6 is 0 Å². The molecule has 1 atom stereocenters. The number of nitrogens with one attached hydrogen (secondary N) is 1. The molecule has 0 saturated carbocycles. The molecule has 0 spiro atoms. The van der Waals surface area contributed by atoms with E-state index in [0.29, 0.717) is 6.42 Å². The van der Waals surface area contributed by atoms with E-state index in [1.165, 1.54) is 12.1 Å². The maximum absolute atomic E-state index is 11.6. The van der Waals surface area contributed by atoms with Gasteiger partial charge in [0.05, 0.1) is 5.60 Å². The number of hydrogen-bond donors (Lipinski definition) is 3. The zero-order valence-electron chi connectivity index (χ0n) is 10.4. The molecule has 1 unspecified atom stereocenters. The maximum Gasteiger partial charge on any atom is 0.371 e. The molecule has 0 aliphatic heterocycles. The van der Waals surface area contributed by atoms with Crippen molar-refractivity contribution in [1.29, 1.82) is 0 Å². The second-order valence-electron chi connectivity index (χ2n) is 4.40. The standard InChI is InChI=1S/C12H17NO5/c1-3-6-12(2,17)7-13-10(14)8-4-5-9(18-8)11(15)16/h4-5,17H,3,6-7H2,1-2H3,(H,13,14)(H,15,16). The Bertz CT molecular complexity index is 435. The number of amides is 1. The predicted octanol–water partition coefficient (Wildman–Crippen LogP) is 1.26. The number of carboxylic acids is 1. The molecule has 1 amide bonds. The van der Waals surface area contributed by atoms with Crippen LogP contribution in [-0.2, 0) is 0 Å². The molecule has 0 radical (unpaired) electrons. The highest BCUT2D eigenvalue weighted by Crippen LogP contribution is 2.11. The van der Waals surface area contributed by atoms with E-state index in [4.69, 9.17) is 9.52 Å². The first-order valence-corrected chi connectivity index (χ1v) is 5.69. The monoisotopic (exact) mass is 255 g/mol. The molecule has 1 heterocycles. The number of carbonyl (C=O) groups is 2. The largest absolute Gasteiger partial charge is 0.475 e. The van der Waals surface area contributed by atoms with Crippen molar-refractivity contribution in [3.63, 3.8) is 0 Å². The summed E-state index contributed by atoms with van der Waals surface area (Å²) in [5.41, 5.74) is -0.980. The maximum atomic E-state index is 11.6. The van der Waals surface area contributed by atoms with Gasteiger partial charge in [0.25, 0.3) is 5.91 Å². The van der Waals surface area contributed by atoms with E-state index in [2.05, 4.69) is 5.32 Å². The van der Waals surface area contributed by atoms with Crippen molar-refractivity contribution < 1.29 is 24.2 Å². The lowest BCUT2D eigenvalue weighted by molar-refractivity contribution is 0.0461. The predicted molar refractivity (Wildman–Crippen MR) is 63.5 cm³/mol. The minimum Gasteiger partial charge on any atom is -0.475 e. The Morgan fingerprint density at radius 1 is 1.39 bits per heavy atom. The quantitative estimate of drug-likeness (QED) is 0.710. The van der Waals surface area contributed by atoms with Crippen LogP contribution in [0.3, 0.4) is 0 Å². The third-order valence-electron chi connectivity index (χ3n) is 2.46. The van der Waals surface area contributed by atoms with Gasteiger partial charge in [0, 0.05) is 6.54 Å². The van der Waals surface area contributed by atoms with Gasteiger partial charge in [-0.3, -0.25) is 4.79 Å². The fourth-order valence-corrected chi connectivity index (χ4v) is 1.56. The number of hydrogen-bond acceptors (Lipinski definition) is 4. The van der Waals surface area contributed by atoms with Crippen LogP contribution in [0.15, 0.2) is 16.5 Å². The summed E-state index contributed by atoms with van der Waals surface area (Å²) in [5, 5.41) is 21.0. The number of rotatable bonds is 6. The number of carboxylic acid groups (broad SMARTS) is 1. The molecule has 0 aliphatic rings. The summed E-state index contributed by atoms with van der Waals surface area (Å²) in [7, 11) is 0. The lowest BCUT2D eigenvalue weighted by Crippen LogP contribution is -2.40. The lowest BCUT2D eigenvalue weighted by Gasteiger charge is -2.22. The van der Waals surface area contributed by atoms with Crippen LogP contribution in [-0.4, -0.2) is 34.2 Å². The summed E-state index contributed by atoms with van der Waals surface area (Å²) in [6, 6.07) is 2.49. The second kappa shape index (κ2) is 5.68. The van der Waals surface area contributed by atoms with Gasteiger partial charge < -0.3 is 19.9 Å². The Hall–Kier alpha value is -1.82. The Morgan fingerprint density at radius 2 is 2.00 bits per heavy atom. The second-order valence-corrected chi connectivity index (χ2v) is 4.40. The van der Waals surface area contributed by atoms with Crippen molar-refractivity contribution in [3.05, 3.63) is 23.7 Å². The van der Waals surface area contributed by atoms with Crippen molar-refractivity contribution >= 4 is 11.9 Å². The topological polar surface area (TPSA) is 99.8 Å². The highest BCUT2D eigenvalue weighted by atomic mass is 16.4. The number of aliphatic hydroxyl groups is 1. The minimum atomic E-state index is -1.23. The molecule has 3 N–H and O–H groups in total. The van der Waals surface area contributed by atoms with E-state index in [0.717, 1.165) is 6.42 Å². The minimum absolute atomic E-state index is 0.0836. The van der Waals surface area contributed by atoms with E-state index >= 15 is 0 Å². The summed E-state index contributed by atoms with van der Waals surface area (Å²) >= 11 is 0. The third kappa shape index (κ3) is 3.89. The molecule has 6 nitrogen and oxygen atoms in total. The van der Waals surface area contributed by atoms with Crippen LogP contribution < -0.4 is 5.32 Å². The van der Waals surface area contributed by atoms with E-state index in [-0.39, 0.29) is 18.1 Å². The first kappa shape index (κ1) is 14.2. The van der Waals surface area contributed by atoms with Gasteiger partial charge in [0.15, 0.2) is 5.76 Å². The molecule has 0 aliphatic carbocycles. The molecule has 0 bridgehead atoms. The molecule has 0 aromatic carbocycles.